The van der Waals surface area contributed by atoms with Crippen molar-refractivity contribution in [3.8, 4) is 11.5 Å². The number of benzene rings is 1. The van der Waals surface area contributed by atoms with Crippen LogP contribution >= 0.6 is 0 Å². The van der Waals surface area contributed by atoms with Crippen molar-refractivity contribution < 1.29 is 24.2 Å². The quantitative estimate of drug-likeness (QED) is 0.764. The van der Waals surface area contributed by atoms with Crippen molar-refractivity contribution in [1.29, 1.82) is 0 Å². The zero-order chi connectivity index (χ0) is 19.4. The lowest BCUT2D eigenvalue weighted by molar-refractivity contribution is -0.142. The van der Waals surface area contributed by atoms with E-state index >= 15 is 0 Å². The van der Waals surface area contributed by atoms with Crippen LogP contribution in [0.2, 0.25) is 0 Å². The summed E-state index contributed by atoms with van der Waals surface area (Å²) in [6.45, 7) is 0.460. The van der Waals surface area contributed by atoms with Crippen molar-refractivity contribution >= 4 is 12.0 Å². The molecule has 0 aromatic heterocycles. The van der Waals surface area contributed by atoms with Crippen LogP contribution in [0.3, 0.4) is 0 Å². The summed E-state index contributed by atoms with van der Waals surface area (Å²) in [5, 5.41) is 12.2. The maximum absolute atomic E-state index is 12.9. The fourth-order valence-electron chi connectivity index (χ4n) is 3.68. The van der Waals surface area contributed by atoms with Gasteiger partial charge < -0.3 is 24.8 Å². The molecule has 0 aliphatic heterocycles. The van der Waals surface area contributed by atoms with Crippen molar-refractivity contribution in [2.75, 3.05) is 14.2 Å². The van der Waals surface area contributed by atoms with Gasteiger partial charge in [-0.25, -0.2) is 4.79 Å². The first-order valence-electron chi connectivity index (χ1n) is 9.52. The molecule has 0 atom stereocenters. The maximum Gasteiger partial charge on any atom is 0.318 e. The summed E-state index contributed by atoms with van der Waals surface area (Å²) >= 11 is 0. The molecule has 148 valence electrons. The number of ether oxygens (including phenoxy) is 2. The number of amides is 2. The van der Waals surface area contributed by atoms with Gasteiger partial charge in [0.1, 0.15) is 11.5 Å². The number of nitrogens with one attached hydrogen (secondary N) is 1. The summed E-state index contributed by atoms with van der Waals surface area (Å²) in [5.41, 5.74) is 0.911. The number of carbonyl (C=O) groups is 2. The Hall–Kier alpha value is -2.44. The Kier molecular flexibility index (Phi) is 6.08. The highest BCUT2D eigenvalue weighted by Gasteiger charge is 2.35. The minimum atomic E-state index is -0.732. The SMILES string of the molecule is COc1ccc(OC)c(CN(C(=O)NC2CCC(C(=O)O)CC2)C2CC2)c1. The molecular formula is C20H28N2O5. The average molecular weight is 376 g/mol. The first-order valence-corrected chi connectivity index (χ1v) is 9.52. The van der Waals surface area contributed by atoms with Crippen LogP contribution in [-0.4, -0.2) is 48.3 Å². The van der Waals surface area contributed by atoms with Crippen LogP contribution in [0.4, 0.5) is 4.79 Å². The van der Waals surface area contributed by atoms with E-state index in [1.165, 1.54) is 0 Å². The second kappa shape index (κ2) is 8.50. The lowest BCUT2D eigenvalue weighted by Gasteiger charge is -2.30. The molecule has 0 heterocycles. The molecule has 0 saturated heterocycles. The van der Waals surface area contributed by atoms with Crippen LogP contribution in [0.5, 0.6) is 11.5 Å². The number of rotatable bonds is 7. The summed E-state index contributed by atoms with van der Waals surface area (Å²) in [7, 11) is 3.23. The Morgan fingerprint density at radius 3 is 2.37 bits per heavy atom. The highest BCUT2D eigenvalue weighted by atomic mass is 16.5. The van der Waals surface area contributed by atoms with Gasteiger partial charge >= 0.3 is 12.0 Å². The van der Waals surface area contributed by atoms with Gasteiger partial charge in [-0.05, 0) is 56.7 Å². The lowest BCUT2D eigenvalue weighted by atomic mass is 9.86. The molecule has 7 nitrogen and oxygen atoms in total. The molecule has 2 aliphatic carbocycles. The fourth-order valence-corrected chi connectivity index (χ4v) is 3.68. The van der Waals surface area contributed by atoms with Gasteiger partial charge in [0, 0.05) is 17.6 Å². The largest absolute Gasteiger partial charge is 0.497 e. The summed E-state index contributed by atoms with van der Waals surface area (Å²) in [4.78, 5) is 25.8. The maximum atomic E-state index is 12.9. The Bertz CT molecular complexity index is 681. The number of hydrogen-bond acceptors (Lipinski definition) is 4. The molecule has 7 heteroatoms. The molecule has 2 fully saturated rings. The molecule has 0 radical (unpaired) electrons. The van der Waals surface area contributed by atoms with E-state index in [0.29, 0.717) is 32.2 Å². The number of carboxylic acid groups (broad SMARTS) is 1. The molecular weight excluding hydrogens is 348 g/mol. The Morgan fingerprint density at radius 1 is 1.11 bits per heavy atom. The number of urea groups is 1. The summed E-state index contributed by atoms with van der Waals surface area (Å²) in [5.74, 6) is 0.452. The van der Waals surface area contributed by atoms with E-state index in [1.54, 1.807) is 14.2 Å². The molecule has 1 aromatic rings. The second-order valence-electron chi connectivity index (χ2n) is 7.37. The van der Waals surface area contributed by atoms with E-state index in [0.717, 1.165) is 29.9 Å². The number of nitrogens with zero attached hydrogens (tertiary/aromatic N) is 1. The molecule has 27 heavy (non-hydrogen) atoms. The first kappa shape index (κ1) is 19.3. The number of hydrogen-bond donors (Lipinski definition) is 2. The standard InChI is InChI=1S/C20H28N2O5/c1-26-17-9-10-18(27-2)14(11-17)12-22(16-7-8-16)20(25)21-15-5-3-13(4-6-15)19(23)24/h9-11,13,15-16H,3-8,12H2,1-2H3,(H,21,25)(H,23,24). The van der Waals surface area contributed by atoms with Gasteiger partial charge in [0.2, 0.25) is 0 Å². The van der Waals surface area contributed by atoms with Crippen LogP contribution in [0, 0.1) is 5.92 Å². The minimum absolute atomic E-state index is 0.0431. The fraction of sp³-hybridized carbons (Fsp3) is 0.600. The Labute approximate surface area is 159 Å². The van der Waals surface area contributed by atoms with Crippen molar-refractivity contribution in [1.82, 2.24) is 10.2 Å². The van der Waals surface area contributed by atoms with Crippen LogP contribution in [0.1, 0.15) is 44.1 Å². The normalized spacial score (nSPS) is 22.0. The van der Waals surface area contributed by atoms with E-state index < -0.39 is 5.97 Å². The van der Waals surface area contributed by atoms with Crippen molar-refractivity contribution in [2.24, 2.45) is 5.92 Å². The van der Waals surface area contributed by atoms with Crippen molar-refractivity contribution in [2.45, 2.75) is 57.2 Å². The van der Waals surface area contributed by atoms with Crippen LogP contribution in [-0.2, 0) is 11.3 Å². The molecule has 0 unspecified atom stereocenters. The third-order valence-electron chi connectivity index (χ3n) is 5.48. The number of aliphatic carboxylic acids is 1. The predicted molar refractivity (Wildman–Crippen MR) is 100 cm³/mol. The van der Waals surface area contributed by atoms with E-state index in [9.17, 15) is 9.59 Å². The van der Waals surface area contributed by atoms with Gasteiger partial charge in [-0.15, -0.1) is 0 Å². The summed E-state index contributed by atoms with van der Waals surface area (Å²) in [6, 6.07) is 5.80. The van der Waals surface area contributed by atoms with E-state index in [-0.39, 0.29) is 24.0 Å². The van der Waals surface area contributed by atoms with E-state index in [4.69, 9.17) is 14.6 Å². The monoisotopic (exact) mass is 376 g/mol. The first-order chi connectivity index (χ1) is 13.0. The predicted octanol–water partition coefficient (Wildman–Crippen LogP) is 3.02. The van der Waals surface area contributed by atoms with E-state index in [2.05, 4.69) is 5.32 Å². The molecule has 2 amide bonds. The third-order valence-corrected chi connectivity index (χ3v) is 5.48. The van der Waals surface area contributed by atoms with Crippen LogP contribution < -0.4 is 14.8 Å². The molecule has 3 rings (SSSR count). The number of carbonyl (C=O) groups excluding carboxylic acids is 1. The molecule has 2 N–H and O–H groups in total. The van der Waals surface area contributed by atoms with Crippen molar-refractivity contribution in [3.63, 3.8) is 0 Å². The van der Waals surface area contributed by atoms with Crippen LogP contribution in [0.25, 0.3) is 0 Å². The summed E-state index contributed by atoms with van der Waals surface area (Å²) in [6.07, 6.45) is 4.67. The number of methoxy groups -OCH3 is 2. The highest BCUT2D eigenvalue weighted by molar-refractivity contribution is 5.75. The van der Waals surface area contributed by atoms with Gasteiger partial charge in [-0.3, -0.25) is 4.79 Å². The lowest BCUT2D eigenvalue weighted by Crippen LogP contribution is -2.47. The summed E-state index contributed by atoms with van der Waals surface area (Å²) < 4.78 is 10.7. The molecule has 1 aromatic carbocycles. The number of carboxylic acids is 1. The zero-order valence-electron chi connectivity index (χ0n) is 15.9. The molecule has 2 aliphatic rings. The molecule has 0 bridgehead atoms. The highest BCUT2D eigenvalue weighted by Crippen LogP contribution is 2.32. The Balaban J connectivity index is 1.64. The van der Waals surface area contributed by atoms with E-state index in [1.807, 2.05) is 23.1 Å². The topological polar surface area (TPSA) is 88.1 Å². The van der Waals surface area contributed by atoms with Gasteiger partial charge in [0.05, 0.1) is 26.7 Å². The van der Waals surface area contributed by atoms with Crippen LogP contribution in [0.15, 0.2) is 18.2 Å². The second-order valence-corrected chi connectivity index (χ2v) is 7.37. The minimum Gasteiger partial charge on any atom is -0.497 e. The van der Waals surface area contributed by atoms with Gasteiger partial charge in [-0.1, -0.05) is 0 Å². The van der Waals surface area contributed by atoms with Gasteiger partial charge in [-0.2, -0.15) is 0 Å². The van der Waals surface area contributed by atoms with Gasteiger partial charge in [0.15, 0.2) is 0 Å². The molecule has 0 spiro atoms. The molecule has 2 saturated carbocycles. The Morgan fingerprint density at radius 2 is 1.81 bits per heavy atom. The zero-order valence-corrected chi connectivity index (χ0v) is 15.9. The smallest absolute Gasteiger partial charge is 0.318 e. The third kappa shape index (κ3) is 4.84. The van der Waals surface area contributed by atoms with Gasteiger partial charge in [0.25, 0.3) is 0 Å². The van der Waals surface area contributed by atoms with Crippen molar-refractivity contribution in [3.05, 3.63) is 23.8 Å². The average Bonchev–Trinajstić information content (AvgIpc) is 3.51.